The van der Waals surface area contributed by atoms with Gasteiger partial charge in [-0.1, -0.05) is 0 Å². The van der Waals surface area contributed by atoms with Gasteiger partial charge in [-0.05, 0) is 69.1 Å². The van der Waals surface area contributed by atoms with Gasteiger partial charge in [0.25, 0.3) is 0 Å². The second-order valence-electron chi connectivity index (χ2n) is 5.74. The molecule has 0 aromatic rings. The smallest absolute Gasteiger partial charge is 0.0571 e. The van der Waals surface area contributed by atoms with E-state index in [4.69, 9.17) is 9.84 Å². The lowest BCUT2D eigenvalue weighted by atomic mass is 9.71. The minimum absolute atomic E-state index is 0.406. The molecule has 0 saturated heterocycles. The lowest BCUT2D eigenvalue weighted by Crippen LogP contribution is -2.28. The molecule has 0 bridgehead atoms. The first-order chi connectivity index (χ1) is 7.83. The van der Waals surface area contributed by atoms with Crippen molar-refractivity contribution in [2.45, 2.75) is 57.5 Å². The van der Waals surface area contributed by atoms with Crippen LogP contribution in [0.1, 0.15) is 51.4 Å². The number of aliphatic hydroxyl groups is 1. The van der Waals surface area contributed by atoms with Crippen molar-refractivity contribution in [1.82, 2.24) is 0 Å². The van der Waals surface area contributed by atoms with Gasteiger partial charge in [-0.25, -0.2) is 0 Å². The minimum atomic E-state index is 0.406. The molecule has 2 fully saturated rings. The van der Waals surface area contributed by atoms with Gasteiger partial charge in [-0.3, -0.25) is 0 Å². The van der Waals surface area contributed by atoms with Crippen LogP contribution in [0.15, 0.2) is 0 Å². The molecule has 16 heavy (non-hydrogen) atoms. The summed E-state index contributed by atoms with van der Waals surface area (Å²) in [6, 6.07) is 0. The molecule has 0 unspecified atom stereocenters. The van der Waals surface area contributed by atoms with Crippen molar-refractivity contribution in [1.29, 1.82) is 0 Å². The van der Waals surface area contributed by atoms with E-state index in [2.05, 4.69) is 0 Å². The summed E-state index contributed by atoms with van der Waals surface area (Å²) >= 11 is 0. The van der Waals surface area contributed by atoms with E-state index in [1.54, 1.807) is 0 Å². The molecule has 0 radical (unpaired) electrons. The predicted octanol–water partition coefficient (Wildman–Crippen LogP) is 2.99. The summed E-state index contributed by atoms with van der Waals surface area (Å²) in [7, 11) is 1.84. The van der Waals surface area contributed by atoms with Crippen LogP contribution in [-0.4, -0.2) is 24.9 Å². The van der Waals surface area contributed by atoms with Crippen molar-refractivity contribution in [3.8, 4) is 0 Å². The van der Waals surface area contributed by atoms with Gasteiger partial charge in [0.1, 0.15) is 0 Å². The summed E-state index contributed by atoms with van der Waals surface area (Å²) in [5.74, 6) is 2.50. The highest BCUT2D eigenvalue weighted by atomic mass is 16.5. The van der Waals surface area contributed by atoms with E-state index in [0.29, 0.717) is 18.6 Å². The number of hydrogen-bond donors (Lipinski definition) is 1. The Morgan fingerprint density at radius 1 is 0.875 bits per heavy atom. The van der Waals surface area contributed by atoms with Crippen molar-refractivity contribution in [3.63, 3.8) is 0 Å². The lowest BCUT2D eigenvalue weighted by Gasteiger charge is -2.37. The monoisotopic (exact) mass is 226 g/mol. The Kier molecular flexibility index (Phi) is 4.66. The molecule has 1 N–H and O–H groups in total. The molecule has 0 heterocycles. The molecule has 0 aliphatic heterocycles. The van der Waals surface area contributed by atoms with Crippen molar-refractivity contribution >= 4 is 0 Å². The Morgan fingerprint density at radius 3 is 1.81 bits per heavy atom. The van der Waals surface area contributed by atoms with Gasteiger partial charge in [-0.15, -0.1) is 0 Å². The van der Waals surface area contributed by atoms with Gasteiger partial charge < -0.3 is 9.84 Å². The van der Waals surface area contributed by atoms with E-state index in [1.165, 1.54) is 51.4 Å². The number of aliphatic hydroxyl groups excluding tert-OH is 1. The van der Waals surface area contributed by atoms with Gasteiger partial charge in [0, 0.05) is 13.7 Å². The molecule has 94 valence electrons. The maximum atomic E-state index is 9.14. The Hall–Kier alpha value is -0.0800. The van der Waals surface area contributed by atoms with Crippen LogP contribution in [0, 0.1) is 17.8 Å². The zero-order valence-electron chi connectivity index (χ0n) is 10.5. The lowest BCUT2D eigenvalue weighted by molar-refractivity contribution is 0.0372. The molecular weight excluding hydrogens is 200 g/mol. The average Bonchev–Trinajstić information content (AvgIpc) is 2.39. The highest BCUT2D eigenvalue weighted by Crippen LogP contribution is 2.40. The third-order valence-corrected chi connectivity index (χ3v) is 4.87. The number of hydrogen-bond acceptors (Lipinski definition) is 2. The van der Waals surface area contributed by atoms with Crippen LogP contribution in [0.25, 0.3) is 0 Å². The molecule has 0 amide bonds. The van der Waals surface area contributed by atoms with E-state index < -0.39 is 0 Å². The Morgan fingerprint density at radius 2 is 1.38 bits per heavy atom. The molecule has 0 aromatic carbocycles. The minimum Gasteiger partial charge on any atom is -0.396 e. The van der Waals surface area contributed by atoms with E-state index >= 15 is 0 Å². The van der Waals surface area contributed by atoms with Gasteiger partial charge in [-0.2, -0.15) is 0 Å². The average molecular weight is 226 g/mol. The molecule has 2 aliphatic carbocycles. The first kappa shape index (κ1) is 12.4. The third kappa shape index (κ3) is 2.98. The third-order valence-electron chi connectivity index (χ3n) is 4.87. The van der Waals surface area contributed by atoms with Crippen molar-refractivity contribution in [2.75, 3.05) is 13.7 Å². The molecule has 0 aromatic heterocycles. The van der Waals surface area contributed by atoms with E-state index in [9.17, 15) is 0 Å². The van der Waals surface area contributed by atoms with Crippen LogP contribution in [0.3, 0.4) is 0 Å². The zero-order chi connectivity index (χ0) is 11.4. The summed E-state index contributed by atoms with van der Waals surface area (Å²) in [6.45, 7) is 0.406. The summed E-state index contributed by atoms with van der Waals surface area (Å²) in [5, 5.41) is 9.14. The standard InChI is InChI=1S/C14H26O2/c1-16-14-8-6-13(7-9-14)12-4-2-11(10-15)3-5-12/h11-15H,2-10H2,1H3. The molecule has 2 rings (SSSR count). The summed E-state index contributed by atoms with van der Waals surface area (Å²) in [5.41, 5.74) is 0. The zero-order valence-corrected chi connectivity index (χ0v) is 10.5. The second kappa shape index (κ2) is 6.02. The normalized spacial score (nSPS) is 40.9. The fourth-order valence-electron chi connectivity index (χ4n) is 3.64. The first-order valence-electron chi connectivity index (χ1n) is 6.97. The molecular formula is C14H26O2. The molecule has 2 heteroatoms. The first-order valence-corrected chi connectivity index (χ1v) is 6.97. The van der Waals surface area contributed by atoms with Crippen LogP contribution in [-0.2, 0) is 4.74 Å². The molecule has 2 aliphatic rings. The van der Waals surface area contributed by atoms with E-state index in [-0.39, 0.29) is 0 Å². The van der Waals surface area contributed by atoms with E-state index in [0.717, 1.165) is 11.8 Å². The van der Waals surface area contributed by atoms with Crippen molar-refractivity contribution in [3.05, 3.63) is 0 Å². The van der Waals surface area contributed by atoms with Crippen LogP contribution < -0.4 is 0 Å². The Labute approximate surface area is 99.4 Å². The van der Waals surface area contributed by atoms with E-state index in [1.807, 2.05) is 7.11 Å². The molecule has 0 atom stereocenters. The van der Waals surface area contributed by atoms with Crippen molar-refractivity contribution < 1.29 is 9.84 Å². The maximum Gasteiger partial charge on any atom is 0.0571 e. The molecule has 2 nitrogen and oxygen atoms in total. The van der Waals surface area contributed by atoms with Crippen LogP contribution >= 0.6 is 0 Å². The van der Waals surface area contributed by atoms with Crippen LogP contribution in [0.5, 0.6) is 0 Å². The highest BCUT2D eigenvalue weighted by Gasteiger charge is 2.30. The predicted molar refractivity (Wildman–Crippen MR) is 65.3 cm³/mol. The van der Waals surface area contributed by atoms with Gasteiger partial charge >= 0.3 is 0 Å². The fourth-order valence-corrected chi connectivity index (χ4v) is 3.64. The fraction of sp³-hybridized carbons (Fsp3) is 1.00. The summed E-state index contributed by atoms with van der Waals surface area (Å²) in [4.78, 5) is 0. The van der Waals surface area contributed by atoms with Gasteiger partial charge in [0.2, 0.25) is 0 Å². The quantitative estimate of drug-likeness (QED) is 0.801. The van der Waals surface area contributed by atoms with Crippen molar-refractivity contribution in [2.24, 2.45) is 17.8 Å². The Bertz CT molecular complexity index is 167. The second-order valence-corrected chi connectivity index (χ2v) is 5.74. The summed E-state index contributed by atoms with van der Waals surface area (Å²) < 4.78 is 5.43. The number of methoxy groups -OCH3 is 1. The van der Waals surface area contributed by atoms with Gasteiger partial charge in [0.05, 0.1) is 6.10 Å². The Balaban J connectivity index is 1.73. The SMILES string of the molecule is COC1CCC(C2CCC(CO)CC2)CC1. The topological polar surface area (TPSA) is 29.5 Å². The molecule has 0 spiro atoms. The van der Waals surface area contributed by atoms with Crippen LogP contribution in [0.2, 0.25) is 0 Å². The highest BCUT2D eigenvalue weighted by molar-refractivity contribution is 4.81. The van der Waals surface area contributed by atoms with Gasteiger partial charge in [0.15, 0.2) is 0 Å². The largest absolute Gasteiger partial charge is 0.396 e. The molecule has 2 saturated carbocycles. The number of rotatable bonds is 3. The number of ether oxygens (including phenoxy) is 1. The maximum absolute atomic E-state index is 9.14. The summed E-state index contributed by atoms with van der Waals surface area (Å²) in [6.07, 6.45) is 11.0. The van der Waals surface area contributed by atoms with Crippen LogP contribution in [0.4, 0.5) is 0 Å².